The van der Waals surface area contributed by atoms with Gasteiger partial charge < -0.3 is 25.6 Å². The van der Waals surface area contributed by atoms with Gasteiger partial charge >= 0.3 is 12.1 Å². The molecule has 0 saturated heterocycles. The Morgan fingerprint density at radius 2 is 1.74 bits per heavy atom. The molecule has 1 aromatic rings. The quantitative estimate of drug-likeness (QED) is 0.509. The van der Waals surface area contributed by atoms with Crippen LogP contribution in [-0.2, 0) is 16.0 Å². The van der Waals surface area contributed by atoms with Crippen LogP contribution in [0.5, 0.6) is 5.75 Å². The highest BCUT2D eigenvalue weighted by atomic mass is 16.6. The van der Waals surface area contributed by atoms with Gasteiger partial charge in [-0.05, 0) is 57.7 Å². The normalized spacial score (nSPS) is 12.3. The topological polar surface area (TPSA) is 111 Å². The van der Waals surface area contributed by atoms with E-state index in [1.807, 2.05) is 45.0 Å². The van der Waals surface area contributed by atoms with E-state index in [-0.39, 0.29) is 6.09 Å². The van der Waals surface area contributed by atoms with E-state index in [0.717, 1.165) is 37.0 Å². The van der Waals surface area contributed by atoms with E-state index < -0.39 is 17.6 Å². The molecule has 7 nitrogen and oxygen atoms in total. The van der Waals surface area contributed by atoms with Gasteiger partial charge in [0.05, 0.1) is 6.61 Å². The zero-order valence-electron chi connectivity index (χ0n) is 16.5. The zero-order valence-corrected chi connectivity index (χ0v) is 16.5. The first-order chi connectivity index (χ1) is 12.7. The largest absolute Gasteiger partial charge is 0.494 e. The number of carboxylic acid groups (broad SMARTS) is 1. The smallest absolute Gasteiger partial charge is 0.407 e. The monoisotopic (exact) mass is 380 g/mol. The minimum Gasteiger partial charge on any atom is -0.494 e. The fraction of sp³-hybridized carbons (Fsp3) is 0.600. The molecular formula is C20H32N2O5. The molecule has 7 heteroatoms. The van der Waals surface area contributed by atoms with E-state index in [0.29, 0.717) is 19.6 Å². The second-order valence-electron chi connectivity index (χ2n) is 7.48. The lowest BCUT2D eigenvalue weighted by Gasteiger charge is -2.19. The van der Waals surface area contributed by atoms with Crippen molar-refractivity contribution >= 4 is 12.1 Å². The lowest BCUT2D eigenvalue weighted by Crippen LogP contribution is -2.32. The van der Waals surface area contributed by atoms with Gasteiger partial charge in [-0.15, -0.1) is 0 Å². The van der Waals surface area contributed by atoms with Gasteiger partial charge in [0.2, 0.25) is 0 Å². The number of aliphatic carboxylic acids is 1. The van der Waals surface area contributed by atoms with Crippen molar-refractivity contribution in [2.75, 3.05) is 13.2 Å². The molecule has 1 amide bonds. The SMILES string of the molecule is CC(C)(C)OC(=O)NCCCCCCOc1ccc(CC(N)C(=O)O)cc1. The molecular weight excluding hydrogens is 348 g/mol. The maximum atomic E-state index is 11.5. The third-order valence-corrected chi connectivity index (χ3v) is 3.70. The summed E-state index contributed by atoms with van der Waals surface area (Å²) in [5, 5.41) is 11.6. The zero-order chi connectivity index (χ0) is 20.3. The minimum atomic E-state index is -1.00. The average Bonchev–Trinajstić information content (AvgIpc) is 2.57. The van der Waals surface area contributed by atoms with Gasteiger partial charge in [-0.25, -0.2) is 4.79 Å². The fourth-order valence-corrected chi connectivity index (χ4v) is 2.34. The average molecular weight is 380 g/mol. The van der Waals surface area contributed by atoms with Crippen LogP contribution in [0.4, 0.5) is 4.79 Å². The number of nitrogens with one attached hydrogen (secondary N) is 1. The molecule has 1 rings (SSSR count). The molecule has 4 N–H and O–H groups in total. The van der Waals surface area contributed by atoms with E-state index in [2.05, 4.69) is 5.32 Å². The summed E-state index contributed by atoms with van der Waals surface area (Å²) < 4.78 is 10.8. The molecule has 0 radical (unpaired) electrons. The van der Waals surface area contributed by atoms with Crippen molar-refractivity contribution in [1.29, 1.82) is 0 Å². The summed E-state index contributed by atoms with van der Waals surface area (Å²) in [6.07, 6.45) is 3.77. The molecule has 0 aromatic heterocycles. The second-order valence-corrected chi connectivity index (χ2v) is 7.48. The van der Waals surface area contributed by atoms with E-state index >= 15 is 0 Å². The molecule has 27 heavy (non-hydrogen) atoms. The van der Waals surface area contributed by atoms with Gasteiger partial charge in [0.15, 0.2) is 0 Å². The van der Waals surface area contributed by atoms with E-state index in [4.69, 9.17) is 20.3 Å². The molecule has 1 atom stereocenters. The van der Waals surface area contributed by atoms with Crippen LogP contribution < -0.4 is 15.8 Å². The molecule has 0 aliphatic carbocycles. The van der Waals surface area contributed by atoms with Gasteiger partial charge in [-0.1, -0.05) is 25.0 Å². The number of alkyl carbamates (subject to hydrolysis) is 1. The van der Waals surface area contributed by atoms with Crippen molar-refractivity contribution in [2.45, 2.75) is 64.5 Å². The van der Waals surface area contributed by atoms with Gasteiger partial charge in [0.25, 0.3) is 0 Å². The van der Waals surface area contributed by atoms with Crippen molar-refractivity contribution in [2.24, 2.45) is 5.73 Å². The Morgan fingerprint density at radius 1 is 1.11 bits per heavy atom. The summed E-state index contributed by atoms with van der Waals surface area (Å²) in [6, 6.07) is 6.44. The first-order valence-corrected chi connectivity index (χ1v) is 9.34. The van der Waals surface area contributed by atoms with Crippen LogP contribution in [0.25, 0.3) is 0 Å². The third-order valence-electron chi connectivity index (χ3n) is 3.70. The van der Waals surface area contributed by atoms with Crippen molar-refractivity contribution in [1.82, 2.24) is 5.32 Å². The molecule has 0 bridgehead atoms. The standard InChI is InChI=1S/C20H32N2O5/c1-20(2,3)27-19(25)22-12-6-4-5-7-13-26-16-10-8-15(9-11-16)14-17(21)18(23)24/h8-11,17H,4-7,12-14,21H2,1-3H3,(H,22,25)(H,23,24). The van der Waals surface area contributed by atoms with E-state index in [1.54, 1.807) is 0 Å². The number of amides is 1. The van der Waals surface area contributed by atoms with Crippen LogP contribution in [0.2, 0.25) is 0 Å². The summed E-state index contributed by atoms with van der Waals surface area (Å²) >= 11 is 0. The van der Waals surface area contributed by atoms with E-state index in [1.165, 1.54) is 0 Å². The Balaban J connectivity index is 2.08. The van der Waals surface area contributed by atoms with Crippen molar-refractivity contribution < 1.29 is 24.2 Å². The number of carbonyl (C=O) groups is 2. The summed E-state index contributed by atoms with van der Waals surface area (Å²) in [6.45, 7) is 6.74. The molecule has 0 aliphatic rings. The maximum absolute atomic E-state index is 11.5. The number of unbranched alkanes of at least 4 members (excludes halogenated alkanes) is 3. The predicted molar refractivity (Wildman–Crippen MR) is 104 cm³/mol. The number of benzene rings is 1. The van der Waals surface area contributed by atoms with Gasteiger partial charge in [0, 0.05) is 6.54 Å². The lowest BCUT2D eigenvalue weighted by atomic mass is 10.1. The molecule has 0 fully saturated rings. The number of hydrogen-bond donors (Lipinski definition) is 3. The summed E-state index contributed by atoms with van der Waals surface area (Å²) in [5.41, 5.74) is 5.92. The number of rotatable bonds is 11. The Labute approximate surface area is 161 Å². The number of ether oxygens (including phenoxy) is 2. The molecule has 0 saturated carbocycles. The predicted octanol–water partition coefficient (Wildman–Crippen LogP) is 3.10. The Bertz CT molecular complexity index is 581. The lowest BCUT2D eigenvalue weighted by molar-refractivity contribution is -0.138. The molecule has 0 heterocycles. The minimum absolute atomic E-state index is 0.299. The van der Waals surface area contributed by atoms with E-state index in [9.17, 15) is 9.59 Å². The molecule has 1 unspecified atom stereocenters. The number of hydrogen-bond acceptors (Lipinski definition) is 5. The van der Waals surface area contributed by atoms with Crippen molar-refractivity contribution in [3.63, 3.8) is 0 Å². The maximum Gasteiger partial charge on any atom is 0.407 e. The molecule has 1 aromatic carbocycles. The van der Waals surface area contributed by atoms with Crippen LogP contribution in [0.15, 0.2) is 24.3 Å². The van der Waals surface area contributed by atoms with Crippen molar-refractivity contribution in [3.05, 3.63) is 29.8 Å². The highest BCUT2D eigenvalue weighted by Crippen LogP contribution is 2.14. The fourth-order valence-electron chi connectivity index (χ4n) is 2.34. The first kappa shape index (κ1) is 22.8. The van der Waals surface area contributed by atoms with Gasteiger partial charge in [0.1, 0.15) is 17.4 Å². The first-order valence-electron chi connectivity index (χ1n) is 9.34. The number of carboxylic acids is 1. The Hall–Kier alpha value is -2.28. The Morgan fingerprint density at radius 3 is 2.33 bits per heavy atom. The van der Waals surface area contributed by atoms with Crippen LogP contribution in [-0.4, -0.2) is 42.0 Å². The van der Waals surface area contributed by atoms with Crippen LogP contribution >= 0.6 is 0 Å². The van der Waals surface area contributed by atoms with Gasteiger partial charge in [-0.2, -0.15) is 0 Å². The van der Waals surface area contributed by atoms with Crippen LogP contribution in [0.1, 0.15) is 52.0 Å². The summed E-state index contributed by atoms with van der Waals surface area (Å²) in [5.74, 6) is -0.245. The van der Waals surface area contributed by atoms with Crippen LogP contribution in [0, 0.1) is 0 Å². The third kappa shape index (κ3) is 11.1. The highest BCUT2D eigenvalue weighted by Gasteiger charge is 2.15. The molecule has 152 valence electrons. The molecule has 0 spiro atoms. The highest BCUT2D eigenvalue weighted by molar-refractivity contribution is 5.73. The van der Waals surface area contributed by atoms with Crippen molar-refractivity contribution in [3.8, 4) is 5.75 Å². The summed E-state index contributed by atoms with van der Waals surface area (Å²) in [7, 11) is 0. The number of nitrogens with two attached hydrogens (primary N) is 1. The second kappa shape index (κ2) is 11.4. The molecule has 0 aliphatic heterocycles. The summed E-state index contributed by atoms with van der Waals surface area (Å²) in [4.78, 5) is 22.2. The number of carbonyl (C=O) groups excluding carboxylic acids is 1. The van der Waals surface area contributed by atoms with Gasteiger partial charge in [-0.3, -0.25) is 4.79 Å². The Kier molecular flexibility index (Phi) is 9.64. The van der Waals surface area contributed by atoms with Crippen LogP contribution in [0.3, 0.4) is 0 Å².